The van der Waals surface area contributed by atoms with Crippen LogP contribution in [-0.4, -0.2) is 46.9 Å². The summed E-state index contributed by atoms with van der Waals surface area (Å²) in [5, 5.41) is 8.95. The number of hydrogen-bond acceptors (Lipinski definition) is 3. The number of alkyl halides is 3. The van der Waals surface area contributed by atoms with Crippen LogP contribution >= 0.6 is 0 Å². The molecule has 0 aromatic rings. The van der Waals surface area contributed by atoms with Gasteiger partial charge in [0.2, 0.25) is 0 Å². The monoisotopic (exact) mass is 255 g/mol. The number of halogens is 3. The molecule has 1 atom stereocenters. The second kappa shape index (κ2) is 4.42. The first-order chi connectivity index (χ1) is 7.67. The Labute approximate surface area is 95.1 Å². The molecule has 1 aliphatic heterocycles. The number of likely N-dealkylation sites (tertiary alicyclic amines) is 1. The van der Waals surface area contributed by atoms with Crippen LogP contribution in [0.3, 0.4) is 0 Å². The van der Waals surface area contributed by atoms with Gasteiger partial charge in [-0.05, 0) is 19.8 Å². The van der Waals surface area contributed by atoms with E-state index in [9.17, 15) is 22.8 Å². The molecule has 0 aliphatic carbocycles. The number of aliphatic carboxylic acids is 1. The third kappa shape index (κ3) is 3.01. The number of carbonyl (C=O) groups is 2. The highest BCUT2D eigenvalue weighted by molar-refractivity contribution is 5.84. The molecule has 17 heavy (non-hydrogen) atoms. The lowest BCUT2D eigenvalue weighted by Crippen LogP contribution is -2.51. The molecule has 5 nitrogen and oxygen atoms in total. The molecule has 0 aromatic heterocycles. The van der Waals surface area contributed by atoms with Crippen LogP contribution in [0.1, 0.15) is 19.8 Å². The number of carbonyl (C=O) groups excluding carboxylic acids is 1. The summed E-state index contributed by atoms with van der Waals surface area (Å²) < 4.78 is 39.6. The van der Waals surface area contributed by atoms with Crippen molar-refractivity contribution in [3.8, 4) is 0 Å². The second-order valence-electron chi connectivity index (χ2n) is 4.00. The van der Waals surface area contributed by atoms with Gasteiger partial charge < -0.3 is 9.84 Å². The van der Waals surface area contributed by atoms with Crippen molar-refractivity contribution in [3.05, 3.63) is 0 Å². The molecule has 0 spiro atoms. The predicted octanol–water partition coefficient (Wildman–Crippen LogP) is 1.62. The van der Waals surface area contributed by atoms with E-state index < -0.39 is 30.4 Å². The van der Waals surface area contributed by atoms with Gasteiger partial charge in [0.05, 0.1) is 0 Å². The molecule has 1 aliphatic rings. The summed E-state index contributed by atoms with van der Waals surface area (Å²) in [5.74, 6) is -1.25. The third-order valence-electron chi connectivity index (χ3n) is 2.68. The van der Waals surface area contributed by atoms with Gasteiger partial charge in [-0.1, -0.05) is 0 Å². The fourth-order valence-corrected chi connectivity index (χ4v) is 1.70. The van der Waals surface area contributed by atoms with E-state index in [-0.39, 0.29) is 13.0 Å². The van der Waals surface area contributed by atoms with Gasteiger partial charge in [0.15, 0.2) is 6.61 Å². The minimum absolute atomic E-state index is 0.0828. The van der Waals surface area contributed by atoms with Gasteiger partial charge in [-0.3, -0.25) is 4.90 Å². The van der Waals surface area contributed by atoms with E-state index in [1.165, 1.54) is 6.92 Å². The number of rotatable bonds is 2. The molecular weight excluding hydrogens is 243 g/mol. The number of amides is 1. The van der Waals surface area contributed by atoms with Gasteiger partial charge in [0.1, 0.15) is 5.54 Å². The first kappa shape index (κ1) is 13.6. The van der Waals surface area contributed by atoms with E-state index in [1.54, 1.807) is 0 Å². The van der Waals surface area contributed by atoms with E-state index in [0.717, 1.165) is 4.90 Å². The van der Waals surface area contributed by atoms with Crippen molar-refractivity contribution in [1.29, 1.82) is 0 Å². The molecule has 0 saturated carbocycles. The van der Waals surface area contributed by atoms with Crippen molar-refractivity contribution in [3.63, 3.8) is 0 Å². The quantitative estimate of drug-likeness (QED) is 0.814. The molecule has 0 aromatic carbocycles. The summed E-state index contributed by atoms with van der Waals surface area (Å²) >= 11 is 0. The summed E-state index contributed by atoms with van der Waals surface area (Å²) in [6, 6.07) is 0. The number of carboxylic acids is 1. The molecule has 1 heterocycles. The molecule has 1 fully saturated rings. The highest BCUT2D eigenvalue weighted by Crippen LogP contribution is 2.30. The Balaban J connectivity index is 2.66. The molecule has 1 N–H and O–H groups in total. The van der Waals surface area contributed by atoms with Crippen molar-refractivity contribution in [2.24, 2.45) is 0 Å². The lowest BCUT2D eigenvalue weighted by molar-refractivity contribution is -0.164. The largest absolute Gasteiger partial charge is 0.480 e. The van der Waals surface area contributed by atoms with Crippen molar-refractivity contribution < 1.29 is 32.6 Å². The zero-order valence-electron chi connectivity index (χ0n) is 9.08. The Morgan fingerprint density at radius 2 is 2.06 bits per heavy atom. The van der Waals surface area contributed by atoms with Gasteiger partial charge in [0, 0.05) is 6.54 Å². The van der Waals surface area contributed by atoms with Crippen LogP contribution in [-0.2, 0) is 9.53 Å². The standard InChI is InChI=1S/C9H12F3NO4/c1-8(6(14)15)3-2-4-13(8)7(16)17-5-9(10,11)12/h2-5H2,1H3,(H,14,15). The summed E-state index contributed by atoms with van der Waals surface area (Å²) in [5.41, 5.74) is -1.48. The Kier molecular flexibility index (Phi) is 3.53. The normalized spacial score (nSPS) is 24.8. The van der Waals surface area contributed by atoms with Gasteiger partial charge in [-0.25, -0.2) is 9.59 Å². The molecule has 1 saturated heterocycles. The van der Waals surface area contributed by atoms with Gasteiger partial charge in [-0.2, -0.15) is 13.2 Å². The highest BCUT2D eigenvalue weighted by Gasteiger charge is 2.47. The van der Waals surface area contributed by atoms with Gasteiger partial charge in [-0.15, -0.1) is 0 Å². The van der Waals surface area contributed by atoms with Gasteiger partial charge >= 0.3 is 18.2 Å². The molecule has 1 unspecified atom stereocenters. The molecule has 1 rings (SSSR count). The Hall–Kier alpha value is -1.47. The van der Waals surface area contributed by atoms with Crippen LogP contribution in [0.25, 0.3) is 0 Å². The Morgan fingerprint density at radius 3 is 2.53 bits per heavy atom. The Morgan fingerprint density at radius 1 is 1.47 bits per heavy atom. The van der Waals surface area contributed by atoms with E-state index in [4.69, 9.17) is 5.11 Å². The first-order valence-corrected chi connectivity index (χ1v) is 4.91. The van der Waals surface area contributed by atoms with E-state index in [0.29, 0.717) is 6.42 Å². The fraction of sp³-hybridized carbons (Fsp3) is 0.778. The lowest BCUT2D eigenvalue weighted by Gasteiger charge is -2.30. The average Bonchev–Trinajstić information content (AvgIpc) is 2.57. The smallest absolute Gasteiger partial charge is 0.422 e. The number of carboxylic acid groups (broad SMARTS) is 1. The summed E-state index contributed by atoms with van der Waals surface area (Å²) in [7, 11) is 0. The van der Waals surface area contributed by atoms with E-state index >= 15 is 0 Å². The van der Waals surface area contributed by atoms with E-state index in [1.807, 2.05) is 0 Å². The minimum Gasteiger partial charge on any atom is -0.480 e. The van der Waals surface area contributed by atoms with Crippen molar-refractivity contribution in [1.82, 2.24) is 4.90 Å². The second-order valence-corrected chi connectivity index (χ2v) is 4.00. The summed E-state index contributed by atoms with van der Waals surface area (Å²) in [6.07, 6.45) is -5.24. The minimum atomic E-state index is -4.62. The fourth-order valence-electron chi connectivity index (χ4n) is 1.70. The van der Waals surface area contributed by atoms with Crippen LogP contribution in [0.2, 0.25) is 0 Å². The summed E-state index contributed by atoms with van der Waals surface area (Å²) in [4.78, 5) is 23.1. The van der Waals surface area contributed by atoms with Gasteiger partial charge in [0.25, 0.3) is 0 Å². The number of hydrogen-bond donors (Lipinski definition) is 1. The number of ether oxygens (including phenoxy) is 1. The Bertz CT molecular complexity index is 331. The molecule has 1 amide bonds. The van der Waals surface area contributed by atoms with Crippen LogP contribution < -0.4 is 0 Å². The maximum absolute atomic E-state index is 11.8. The van der Waals surface area contributed by atoms with Crippen LogP contribution in [0, 0.1) is 0 Å². The SMILES string of the molecule is CC1(C(=O)O)CCCN1C(=O)OCC(F)(F)F. The molecule has 8 heteroatoms. The van der Waals surface area contributed by atoms with Crippen LogP contribution in [0.4, 0.5) is 18.0 Å². The van der Waals surface area contributed by atoms with Crippen LogP contribution in [0.15, 0.2) is 0 Å². The molecule has 0 bridgehead atoms. The van der Waals surface area contributed by atoms with Crippen molar-refractivity contribution >= 4 is 12.1 Å². The average molecular weight is 255 g/mol. The molecular formula is C9H12F3NO4. The first-order valence-electron chi connectivity index (χ1n) is 4.91. The molecule has 0 radical (unpaired) electrons. The zero-order chi connectivity index (χ0) is 13.3. The lowest BCUT2D eigenvalue weighted by atomic mass is 10.00. The van der Waals surface area contributed by atoms with Crippen LogP contribution in [0.5, 0.6) is 0 Å². The van der Waals surface area contributed by atoms with E-state index in [2.05, 4.69) is 4.74 Å². The predicted molar refractivity (Wildman–Crippen MR) is 49.4 cm³/mol. The summed E-state index contributed by atoms with van der Waals surface area (Å²) in [6.45, 7) is -0.339. The maximum atomic E-state index is 11.8. The number of nitrogens with zero attached hydrogens (tertiary/aromatic N) is 1. The maximum Gasteiger partial charge on any atom is 0.422 e. The van der Waals surface area contributed by atoms with Crippen molar-refractivity contribution in [2.45, 2.75) is 31.5 Å². The molecule has 98 valence electrons. The van der Waals surface area contributed by atoms with Crippen molar-refractivity contribution in [2.75, 3.05) is 13.2 Å². The zero-order valence-corrected chi connectivity index (χ0v) is 9.08. The third-order valence-corrected chi connectivity index (χ3v) is 2.68. The highest BCUT2D eigenvalue weighted by atomic mass is 19.4. The topological polar surface area (TPSA) is 66.8 Å².